The molecule has 0 radical (unpaired) electrons. The molecule has 130 valence electrons. The molecular weight excluding hydrogens is 304 g/mol. The number of ether oxygens (including phenoxy) is 3. The molecule has 7 N–H and O–H groups in total. The predicted molar refractivity (Wildman–Crippen MR) is 67.2 cm³/mol. The highest BCUT2D eigenvalue weighted by atomic mass is 16.8. The summed E-state index contributed by atoms with van der Waals surface area (Å²) in [5.74, 6) is -2.14. The Hall–Kier alpha value is -0.400. The van der Waals surface area contributed by atoms with Crippen LogP contribution in [0, 0.1) is 0 Å². The Balaban J connectivity index is 2.16. The van der Waals surface area contributed by atoms with E-state index in [1.807, 2.05) is 0 Å². The van der Waals surface area contributed by atoms with E-state index in [1.165, 1.54) is 6.92 Å². The lowest BCUT2D eigenvalue weighted by atomic mass is 9.99. The van der Waals surface area contributed by atoms with Gasteiger partial charge in [0.25, 0.3) is 0 Å². The smallest absolute Gasteiger partial charge is 0.224 e. The molecule has 0 aromatic carbocycles. The van der Waals surface area contributed by atoms with Crippen LogP contribution in [-0.4, -0.2) is 104 Å². The van der Waals surface area contributed by atoms with Crippen molar-refractivity contribution in [3.05, 3.63) is 0 Å². The first-order valence-electron chi connectivity index (χ1n) is 6.90. The molecule has 2 fully saturated rings. The van der Waals surface area contributed by atoms with Crippen LogP contribution in [0.4, 0.5) is 0 Å². The van der Waals surface area contributed by atoms with Crippen molar-refractivity contribution in [1.82, 2.24) is 0 Å². The van der Waals surface area contributed by atoms with Gasteiger partial charge >= 0.3 is 0 Å². The van der Waals surface area contributed by atoms with E-state index in [0.29, 0.717) is 0 Å². The topological polar surface area (TPSA) is 169 Å². The number of aliphatic hydroxyl groups is 7. The van der Waals surface area contributed by atoms with Gasteiger partial charge in [-0.25, -0.2) is 0 Å². The molecule has 0 bridgehead atoms. The van der Waals surface area contributed by atoms with E-state index in [-0.39, 0.29) is 0 Å². The number of hydrogen-bond donors (Lipinski definition) is 7. The highest BCUT2D eigenvalue weighted by molar-refractivity contribution is 4.98. The van der Waals surface area contributed by atoms with Crippen molar-refractivity contribution in [1.29, 1.82) is 0 Å². The Kier molecular flexibility index (Phi) is 5.39. The third-order valence-electron chi connectivity index (χ3n) is 4.03. The zero-order valence-electron chi connectivity index (χ0n) is 11.9. The van der Waals surface area contributed by atoms with Crippen LogP contribution in [0.2, 0.25) is 0 Å². The van der Waals surface area contributed by atoms with Gasteiger partial charge in [-0.15, -0.1) is 0 Å². The second-order valence-corrected chi connectivity index (χ2v) is 5.54. The molecule has 6 unspecified atom stereocenters. The zero-order chi connectivity index (χ0) is 16.7. The second-order valence-electron chi connectivity index (χ2n) is 5.54. The van der Waals surface area contributed by atoms with Crippen LogP contribution in [0.3, 0.4) is 0 Å². The summed E-state index contributed by atoms with van der Waals surface area (Å²) in [5.41, 5.74) is 0. The zero-order valence-corrected chi connectivity index (χ0v) is 11.9. The van der Waals surface area contributed by atoms with E-state index in [0.717, 1.165) is 0 Å². The molecule has 10 nitrogen and oxygen atoms in total. The van der Waals surface area contributed by atoms with Crippen LogP contribution in [-0.2, 0) is 14.2 Å². The normalized spacial score (nSPS) is 52.9. The van der Waals surface area contributed by atoms with Gasteiger partial charge in [0.2, 0.25) is 5.79 Å². The summed E-state index contributed by atoms with van der Waals surface area (Å²) in [6, 6.07) is 0. The summed E-state index contributed by atoms with van der Waals surface area (Å²) in [6.45, 7) is -0.102. The van der Waals surface area contributed by atoms with E-state index < -0.39 is 68.0 Å². The summed E-state index contributed by atoms with van der Waals surface area (Å²) in [7, 11) is 0. The third kappa shape index (κ3) is 2.87. The van der Waals surface area contributed by atoms with Crippen molar-refractivity contribution in [3.8, 4) is 0 Å². The van der Waals surface area contributed by atoms with Crippen molar-refractivity contribution >= 4 is 0 Å². The van der Waals surface area contributed by atoms with Crippen LogP contribution in [0.1, 0.15) is 6.92 Å². The molecule has 0 aliphatic carbocycles. The highest BCUT2D eigenvalue weighted by Gasteiger charge is 2.58. The van der Waals surface area contributed by atoms with Gasteiger partial charge in [0.15, 0.2) is 6.29 Å². The Morgan fingerprint density at radius 3 is 2.09 bits per heavy atom. The lowest BCUT2D eigenvalue weighted by Gasteiger charge is -2.42. The lowest BCUT2D eigenvalue weighted by molar-refractivity contribution is -0.380. The van der Waals surface area contributed by atoms with Gasteiger partial charge in [0.1, 0.15) is 43.2 Å². The molecule has 0 spiro atoms. The molecule has 0 aromatic heterocycles. The van der Waals surface area contributed by atoms with E-state index in [2.05, 4.69) is 0 Å². The molecule has 0 amide bonds. The van der Waals surface area contributed by atoms with Gasteiger partial charge in [0, 0.05) is 0 Å². The van der Waals surface area contributed by atoms with Gasteiger partial charge in [-0.1, -0.05) is 0 Å². The first-order chi connectivity index (χ1) is 10.3. The summed E-state index contributed by atoms with van der Waals surface area (Å²) >= 11 is 0. The fraction of sp³-hybridized carbons (Fsp3) is 1.00. The van der Waals surface area contributed by atoms with Crippen LogP contribution in [0.25, 0.3) is 0 Å². The molecule has 10 heteroatoms. The van der Waals surface area contributed by atoms with Crippen molar-refractivity contribution in [2.24, 2.45) is 0 Å². The van der Waals surface area contributed by atoms with Gasteiger partial charge in [-0.3, -0.25) is 0 Å². The van der Waals surface area contributed by atoms with E-state index in [1.54, 1.807) is 0 Å². The minimum atomic E-state index is -2.14. The van der Waals surface area contributed by atoms with E-state index >= 15 is 0 Å². The summed E-state index contributed by atoms with van der Waals surface area (Å²) in [6.07, 6.45) is -11.4. The Labute approximate surface area is 126 Å². The van der Waals surface area contributed by atoms with Crippen molar-refractivity contribution in [3.63, 3.8) is 0 Å². The van der Waals surface area contributed by atoms with Crippen molar-refractivity contribution < 1.29 is 50.0 Å². The molecular formula is C12H22O10. The van der Waals surface area contributed by atoms with Crippen molar-refractivity contribution in [2.75, 3.05) is 13.2 Å². The van der Waals surface area contributed by atoms with Gasteiger partial charge < -0.3 is 50.0 Å². The van der Waals surface area contributed by atoms with Gasteiger partial charge in [-0.05, 0) is 6.92 Å². The van der Waals surface area contributed by atoms with Gasteiger partial charge in [-0.2, -0.15) is 0 Å². The number of rotatable bonds is 4. The first kappa shape index (κ1) is 17.9. The fourth-order valence-electron chi connectivity index (χ4n) is 2.58. The summed E-state index contributed by atoms with van der Waals surface area (Å²) < 4.78 is 15.6. The number of aliphatic hydroxyl groups excluding tert-OH is 7. The standard InChI is InChI=1S/C12H22O10/c1-4-6(15)8(17)9(18)11(20-4)22-12(3-14)10(19)7(16)5(2-13)21-12/h4-11,13-19H,2-3H2,1H3/t4?,5-,6?,7-,8?,9?,10+,11?,12?/m1/s1. The second kappa shape index (κ2) is 6.61. The van der Waals surface area contributed by atoms with E-state index in [4.69, 9.17) is 19.3 Å². The lowest BCUT2D eigenvalue weighted by Crippen LogP contribution is -2.61. The molecule has 2 aliphatic heterocycles. The fourth-order valence-corrected chi connectivity index (χ4v) is 2.58. The van der Waals surface area contributed by atoms with Crippen LogP contribution < -0.4 is 0 Å². The first-order valence-corrected chi connectivity index (χ1v) is 6.90. The minimum Gasteiger partial charge on any atom is -0.394 e. The molecule has 2 aliphatic rings. The highest BCUT2D eigenvalue weighted by Crippen LogP contribution is 2.35. The Bertz CT molecular complexity index is 381. The molecule has 9 atom stereocenters. The Morgan fingerprint density at radius 1 is 0.955 bits per heavy atom. The molecule has 2 saturated heterocycles. The molecule has 22 heavy (non-hydrogen) atoms. The summed E-state index contributed by atoms with van der Waals surface area (Å²) in [5, 5.41) is 67.5. The van der Waals surface area contributed by atoms with E-state index in [9.17, 15) is 30.6 Å². The molecule has 2 heterocycles. The van der Waals surface area contributed by atoms with Crippen LogP contribution in [0.5, 0.6) is 0 Å². The maximum absolute atomic E-state index is 9.99. The monoisotopic (exact) mass is 326 g/mol. The largest absolute Gasteiger partial charge is 0.394 e. The summed E-state index contributed by atoms with van der Waals surface area (Å²) in [4.78, 5) is 0. The Morgan fingerprint density at radius 2 is 1.59 bits per heavy atom. The average Bonchev–Trinajstić information content (AvgIpc) is 2.75. The maximum Gasteiger partial charge on any atom is 0.224 e. The van der Waals surface area contributed by atoms with Gasteiger partial charge in [0.05, 0.1) is 12.7 Å². The SMILES string of the molecule is CC1OC(OC2(CO)O[C@H](CO)[C@@H](O)[C@@H]2O)C(O)C(O)C1O. The quantitative estimate of drug-likeness (QED) is 0.268. The number of hydrogen-bond acceptors (Lipinski definition) is 10. The van der Waals surface area contributed by atoms with Crippen LogP contribution in [0.15, 0.2) is 0 Å². The van der Waals surface area contributed by atoms with Crippen LogP contribution >= 0.6 is 0 Å². The molecule has 2 rings (SSSR count). The minimum absolute atomic E-state index is 0.630. The molecule has 0 aromatic rings. The van der Waals surface area contributed by atoms with Crippen molar-refractivity contribution in [2.45, 2.75) is 61.7 Å². The third-order valence-corrected chi connectivity index (χ3v) is 4.03. The maximum atomic E-state index is 9.99. The average molecular weight is 326 g/mol. The predicted octanol–water partition coefficient (Wildman–Crippen LogP) is -4.37. The molecule has 0 saturated carbocycles.